The molecule has 0 saturated carbocycles. The predicted octanol–water partition coefficient (Wildman–Crippen LogP) is 3.41. The Hall–Kier alpha value is -2.53. The molecule has 118 valence electrons. The van der Waals surface area contributed by atoms with E-state index in [4.69, 9.17) is 5.73 Å². The van der Waals surface area contributed by atoms with Crippen molar-refractivity contribution in [1.29, 1.82) is 0 Å². The van der Waals surface area contributed by atoms with Crippen molar-refractivity contribution < 1.29 is 4.79 Å². The zero-order chi connectivity index (χ0) is 16.5. The van der Waals surface area contributed by atoms with Crippen LogP contribution in [0.1, 0.15) is 22.3 Å². The molecule has 4 nitrogen and oxygen atoms in total. The molecule has 2 rings (SSSR count). The number of aromatic nitrogens is 1. The molecule has 0 saturated heterocycles. The van der Waals surface area contributed by atoms with Crippen LogP contribution in [0.15, 0.2) is 72.5 Å². The molecule has 0 aliphatic carbocycles. The number of nitrogens with one attached hydrogen (secondary N) is 1. The monoisotopic (exact) mass is 325 g/mol. The summed E-state index contributed by atoms with van der Waals surface area (Å²) in [5.41, 5.74) is 8.29. The molecule has 5 heteroatoms. The van der Waals surface area contributed by atoms with Gasteiger partial charge in [-0.1, -0.05) is 48.7 Å². The van der Waals surface area contributed by atoms with E-state index in [1.54, 1.807) is 18.3 Å². The summed E-state index contributed by atoms with van der Waals surface area (Å²) >= 11 is 1.49. The molecule has 0 radical (unpaired) electrons. The zero-order valence-corrected chi connectivity index (χ0v) is 13.6. The SMILES string of the molecule is C=C(S/C=C(\N)CCNC(=O)c1cccnc1)c1ccccc1. The van der Waals surface area contributed by atoms with Crippen LogP contribution in [0.2, 0.25) is 0 Å². The Morgan fingerprint density at radius 2 is 1.96 bits per heavy atom. The highest BCUT2D eigenvalue weighted by molar-refractivity contribution is 8.10. The molecule has 0 aliphatic heterocycles. The summed E-state index contributed by atoms with van der Waals surface area (Å²) in [7, 11) is 0. The molecule has 1 aromatic carbocycles. The van der Waals surface area contributed by atoms with E-state index in [-0.39, 0.29) is 5.91 Å². The highest BCUT2D eigenvalue weighted by atomic mass is 32.2. The van der Waals surface area contributed by atoms with Crippen LogP contribution in [0.4, 0.5) is 0 Å². The van der Waals surface area contributed by atoms with Gasteiger partial charge in [-0.15, -0.1) is 0 Å². The second-order valence-corrected chi connectivity index (χ2v) is 5.81. The highest BCUT2D eigenvalue weighted by Crippen LogP contribution is 2.26. The minimum Gasteiger partial charge on any atom is -0.402 e. The number of hydrogen-bond donors (Lipinski definition) is 2. The number of nitrogens with two attached hydrogens (primary N) is 1. The van der Waals surface area contributed by atoms with E-state index in [9.17, 15) is 4.79 Å². The van der Waals surface area contributed by atoms with Crippen molar-refractivity contribution in [2.45, 2.75) is 6.42 Å². The number of amides is 1. The lowest BCUT2D eigenvalue weighted by atomic mass is 10.2. The van der Waals surface area contributed by atoms with Crippen molar-refractivity contribution in [3.8, 4) is 0 Å². The topological polar surface area (TPSA) is 68.0 Å². The van der Waals surface area contributed by atoms with Crippen LogP contribution in [0.3, 0.4) is 0 Å². The fraction of sp³-hybridized carbons (Fsp3) is 0.111. The summed E-state index contributed by atoms with van der Waals surface area (Å²) in [5, 5.41) is 4.68. The Labute approximate surface area is 140 Å². The third-order valence-corrected chi connectivity index (χ3v) is 4.01. The van der Waals surface area contributed by atoms with Crippen molar-refractivity contribution in [2.24, 2.45) is 5.73 Å². The molecule has 0 aliphatic rings. The number of hydrogen-bond acceptors (Lipinski definition) is 4. The third-order valence-electron chi connectivity index (χ3n) is 3.07. The van der Waals surface area contributed by atoms with Crippen LogP contribution in [-0.2, 0) is 0 Å². The van der Waals surface area contributed by atoms with Gasteiger partial charge in [-0.25, -0.2) is 0 Å². The van der Waals surface area contributed by atoms with E-state index in [0.29, 0.717) is 24.2 Å². The lowest BCUT2D eigenvalue weighted by molar-refractivity contribution is 0.0954. The summed E-state index contributed by atoms with van der Waals surface area (Å²) in [6.07, 6.45) is 3.75. The quantitative estimate of drug-likeness (QED) is 0.818. The molecule has 0 bridgehead atoms. The average Bonchev–Trinajstić information content (AvgIpc) is 2.61. The molecular weight excluding hydrogens is 306 g/mol. The van der Waals surface area contributed by atoms with Crippen molar-refractivity contribution in [2.75, 3.05) is 6.54 Å². The van der Waals surface area contributed by atoms with Crippen LogP contribution >= 0.6 is 11.8 Å². The van der Waals surface area contributed by atoms with Crippen LogP contribution in [0.5, 0.6) is 0 Å². The normalized spacial score (nSPS) is 11.0. The fourth-order valence-electron chi connectivity index (χ4n) is 1.82. The molecule has 0 unspecified atom stereocenters. The van der Waals surface area contributed by atoms with Crippen LogP contribution < -0.4 is 11.1 Å². The molecule has 2 aromatic rings. The molecule has 0 atom stereocenters. The first-order valence-electron chi connectivity index (χ1n) is 7.20. The fourth-order valence-corrected chi connectivity index (χ4v) is 2.50. The number of thioether (sulfide) groups is 1. The number of benzene rings is 1. The van der Waals surface area contributed by atoms with Crippen LogP contribution in [0.25, 0.3) is 4.91 Å². The second-order valence-electron chi connectivity index (χ2n) is 4.85. The Morgan fingerprint density at radius 3 is 2.65 bits per heavy atom. The Morgan fingerprint density at radius 1 is 1.22 bits per heavy atom. The number of carbonyl (C=O) groups is 1. The van der Waals surface area contributed by atoms with Gasteiger partial charge >= 0.3 is 0 Å². The molecule has 1 aromatic heterocycles. The summed E-state index contributed by atoms with van der Waals surface area (Å²) in [6.45, 7) is 4.51. The Balaban J connectivity index is 1.75. The van der Waals surface area contributed by atoms with E-state index in [0.717, 1.165) is 10.5 Å². The number of rotatable bonds is 7. The van der Waals surface area contributed by atoms with Gasteiger partial charge in [-0.3, -0.25) is 9.78 Å². The summed E-state index contributed by atoms with van der Waals surface area (Å²) < 4.78 is 0. The molecule has 23 heavy (non-hydrogen) atoms. The van der Waals surface area contributed by atoms with Gasteiger partial charge in [0.15, 0.2) is 0 Å². The van der Waals surface area contributed by atoms with E-state index in [2.05, 4.69) is 16.9 Å². The molecule has 3 N–H and O–H groups in total. The smallest absolute Gasteiger partial charge is 0.252 e. The van der Waals surface area contributed by atoms with E-state index >= 15 is 0 Å². The highest BCUT2D eigenvalue weighted by Gasteiger charge is 2.04. The van der Waals surface area contributed by atoms with Gasteiger partial charge < -0.3 is 11.1 Å². The maximum absolute atomic E-state index is 11.8. The number of nitrogens with zero attached hydrogens (tertiary/aromatic N) is 1. The first-order valence-corrected chi connectivity index (χ1v) is 8.08. The maximum atomic E-state index is 11.8. The Kier molecular flexibility index (Phi) is 6.44. The van der Waals surface area contributed by atoms with Gasteiger partial charge in [0.05, 0.1) is 5.56 Å². The van der Waals surface area contributed by atoms with Crippen LogP contribution in [-0.4, -0.2) is 17.4 Å². The van der Waals surface area contributed by atoms with Crippen molar-refractivity contribution in [1.82, 2.24) is 10.3 Å². The average molecular weight is 325 g/mol. The van der Waals surface area contributed by atoms with Gasteiger partial charge in [0.1, 0.15) is 0 Å². The number of pyridine rings is 1. The molecule has 0 spiro atoms. The zero-order valence-electron chi connectivity index (χ0n) is 12.7. The predicted molar refractivity (Wildman–Crippen MR) is 96.5 cm³/mol. The van der Waals surface area contributed by atoms with Crippen molar-refractivity contribution in [3.63, 3.8) is 0 Å². The van der Waals surface area contributed by atoms with Gasteiger partial charge in [-0.2, -0.15) is 0 Å². The summed E-state index contributed by atoms with van der Waals surface area (Å²) in [4.78, 5) is 16.7. The molecule has 0 fully saturated rings. The minimum atomic E-state index is -0.146. The van der Waals surface area contributed by atoms with Crippen molar-refractivity contribution >= 4 is 22.6 Å². The molecule has 1 heterocycles. The first-order chi connectivity index (χ1) is 11.2. The first kappa shape index (κ1) is 16.8. The lowest BCUT2D eigenvalue weighted by Gasteiger charge is -2.06. The van der Waals surface area contributed by atoms with Crippen LogP contribution in [0, 0.1) is 0 Å². The summed E-state index contributed by atoms with van der Waals surface area (Å²) in [5.74, 6) is -0.146. The van der Waals surface area contributed by atoms with Crippen molar-refractivity contribution in [3.05, 3.63) is 83.7 Å². The van der Waals surface area contributed by atoms with E-state index in [1.807, 2.05) is 35.7 Å². The third kappa shape index (κ3) is 5.64. The standard InChI is InChI=1S/C18H19N3OS/c1-14(15-6-3-2-4-7-15)23-13-17(19)9-11-21-18(22)16-8-5-10-20-12-16/h2-8,10,12-13H,1,9,11,19H2,(H,21,22)/b17-13-. The minimum absolute atomic E-state index is 0.146. The van der Waals surface area contributed by atoms with E-state index < -0.39 is 0 Å². The van der Waals surface area contributed by atoms with Gasteiger partial charge in [0.25, 0.3) is 5.91 Å². The lowest BCUT2D eigenvalue weighted by Crippen LogP contribution is -2.25. The van der Waals surface area contributed by atoms with Gasteiger partial charge in [-0.05, 0) is 23.1 Å². The molecule has 1 amide bonds. The van der Waals surface area contributed by atoms with E-state index in [1.165, 1.54) is 18.0 Å². The largest absolute Gasteiger partial charge is 0.402 e. The van der Waals surface area contributed by atoms with Gasteiger partial charge in [0.2, 0.25) is 0 Å². The summed E-state index contributed by atoms with van der Waals surface area (Å²) in [6, 6.07) is 13.4. The maximum Gasteiger partial charge on any atom is 0.252 e. The molecular formula is C18H19N3OS. The van der Waals surface area contributed by atoms with Gasteiger partial charge in [0, 0.05) is 36.0 Å². The Bertz CT molecular complexity index is 684. The number of carbonyl (C=O) groups excluding carboxylic acids is 1. The second kappa shape index (κ2) is 8.80.